The second-order valence-corrected chi connectivity index (χ2v) is 10.8. The summed E-state index contributed by atoms with van der Waals surface area (Å²) in [6.07, 6.45) is 3.20. The summed E-state index contributed by atoms with van der Waals surface area (Å²) in [6.45, 7) is 6.28. The molecule has 0 unspecified atom stereocenters. The number of morpholine rings is 1. The number of carbonyl (C=O) groups excluding carboxylic acids is 2. The zero-order valence-corrected chi connectivity index (χ0v) is 24.3. The van der Waals surface area contributed by atoms with Crippen molar-refractivity contribution in [3.05, 3.63) is 83.9 Å². The molecule has 9 heteroatoms. The molecular weight excluding hydrogens is 530 g/mol. The predicted molar refractivity (Wildman–Crippen MR) is 167 cm³/mol. The van der Waals surface area contributed by atoms with Gasteiger partial charge in [-0.05, 0) is 61.1 Å². The van der Waals surface area contributed by atoms with Gasteiger partial charge < -0.3 is 30.3 Å². The molecule has 0 saturated carbocycles. The van der Waals surface area contributed by atoms with E-state index in [-0.39, 0.29) is 5.91 Å². The Balaban J connectivity index is 1.27. The summed E-state index contributed by atoms with van der Waals surface area (Å²) in [7, 11) is 1.56. The van der Waals surface area contributed by atoms with Gasteiger partial charge in [-0.3, -0.25) is 9.69 Å². The normalized spacial score (nSPS) is 16.1. The number of piperidine rings is 1. The van der Waals surface area contributed by atoms with E-state index in [1.54, 1.807) is 25.3 Å². The first-order valence-corrected chi connectivity index (χ1v) is 14.8. The first-order valence-electron chi connectivity index (χ1n) is 14.8. The van der Waals surface area contributed by atoms with Crippen LogP contribution in [0.1, 0.15) is 28.8 Å². The maximum Gasteiger partial charge on any atom is 0.323 e. The molecular formula is C33H41N5O4. The van der Waals surface area contributed by atoms with Crippen LogP contribution in [0, 0.1) is 5.92 Å². The van der Waals surface area contributed by atoms with E-state index in [9.17, 15) is 9.59 Å². The number of nitrogens with zero attached hydrogens (tertiary/aromatic N) is 2. The van der Waals surface area contributed by atoms with E-state index >= 15 is 0 Å². The third-order valence-electron chi connectivity index (χ3n) is 7.99. The van der Waals surface area contributed by atoms with Gasteiger partial charge in [-0.2, -0.15) is 0 Å². The van der Waals surface area contributed by atoms with Gasteiger partial charge in [-0.15, -0.1) is 0 Å². The maximum absolute atomic E-state index is 13.5. The first kappa shape index (κ1) is 29.4. The van der Waals surface area contributed by atoms with Gasteiger partial charge in [0.05, 0.1) is 31.6 Å². The standard InChI is InChI=1S/C33H41N5O4/c1-41-31-10-6-5-9-29(31)36-33(40)35-27-11-12-30(28(24-27)32(39)34-15-18-37-19-21-42-22-20-37)38-16-13-26(14-17-38)23-25-7-3-2-4-8-25/h2-12,24,26H,13-23H2,1H3,(H,34,39)(H2,35,36,40). The monoisotopic (exact) mass is 571 g/mol. The minimum absolute atomic E-state index is 0.140. The number of amides is 3. The highest BCUT2D eigenvalue weighted by atomic mass is 16.5. The fourth-order valence-corrected chi connectivity index (χ4v) is 5.68. The number of anilines is 3. The van der Waals surface area contributed by atoms with Gasteiger partial charge in [0.25, 0.3) is 5.91 Å². The Bertz CT molecular complexity index is 1320. The summed E-state index contributed by atoms with van der Waals surface area (Å²) in [5.74, 6) is 1.05. The number of methoxy groups -OCH3 is 1. The van der Waals surface area contributed by atoms with Crippen molar-refractivity contribution in [2.75, 3.05) is 75.1 Å². The summed E-state index contributed by atoms with van der Waals surface area (Å²) < 4.78 is 10.8. The summed E-state index contributed by atoms with van der Waals surface area (Å²) in [5.41, 5.74) is 3.94. The number of benzene rings is 3. The minimum atomic E-state index is -0.410. The number of hydrogen-bond acceptors (Lipinski definition) is 6. The zero-order valence-electron chi connectivity index (χ0n) is 24.3. The second-order valence-electron chi connectivity index (χ2n) is 10.8. The Hall–Kier alpha value is -4.08. The van der Waals surface area contributed by atoms with Gasteiger partial charge in [-0.25, -0.2) is 4.79 Å². The Labute approximate surface area is 248 Å². The number of hydrogen-bond donors (Lipinski definition) is 3. The predicted octanol–water partition coefficient (Wildman–Crippen LogP) is 4.86. The summed E-state index contributed by atoms with van der Waals surface area (Å²) in [6, 6.07) is 23.0. The molecule has 2 saturated heterocycles. The molecule has 9 nitrogen and oxygen atoms in total. The van der Waals surface area contributed by atoms with E-state index in [0.29, 0.717) is 35.2 Å². The lowest BCUT2D eigenvalue weighted by Gasteiger charge is -2.35. The van der Waals surface area contributed by atoms with Gasteiger partial charge >= 0.3 is 6.03 Å². The van der Waals surface area contributed by atoms with Crippen molar-refractivity contribution in [1.82, 2.24) is 10.2 Å². The van der Waals surface area contributed by atoms with Crippen molar-refractivity contribution in [3.8, 4) is 5.75 Å². The first-order chi connectivity index (χ1) is 20.6. The fraction of sp³-hybridized carbons (Fsp3) is 0.394. The minimum Gasteiger partial charge on any atom is -0.495 e. The van der Waals surface area contributed by atoms with E-state index in [1.165, 1.54) is 5.56 Å². The van der Waals surface area contributed by atoms with E-state index in [4.69, 9.17) is 9.47 Å². The van der Waals surface area contributed by atoms with Crippen LogP contribution < -0.4 is 25.6 Å². The van der Waals surface area contributed by atoms with E-state index < -0.39 is 6.03 Å². The molecule has 42 heavy (non-hydrogen) atoms. The fourth-order valence-electron chi connectivity index (χ4n) is 5.68. The van der Waals surface area contributed by atoms with Crippen LogP contribution in [0.25, 0.3) is 0 Å². The van der Waals surface area contributed by atoms with Crippen molar-refractivity contribution in [2.45, 2.75) is 19.3 Å². The average Bonchev–Trinajstić information content (AvgIpc) is 3.03. The van der Waals surface area contributed by atoms with Crippen molar-refractivity contribution in [2.24, 2.45) is 5.92 Å². The van der Waals surface area contributed by atoms with Crippen LogP contribution in [-0.2, 0) is 11.2 Å². The maximum atomic E-state index is 13.5. The molecule has 0 spiro atoms. The van der Waals surface area contributed by atoms with Gasteiger partial charge in [0.15, 0.2) is 0 Å². The molecule has 3 aromatic rings. The molecule has 0 aliphatic carbocycles. The van der Waals surface area contributed by atoms with Crippen molar-refractivity contribution < 1.29 is 19.1 Å². The summed E-state index contributed by atoms with van der Waals surface area (Å²) >= 11 is 0. The quantitative estimate of drug-likeness (QED) is 0.322. The largest absolute Gasteiger partial charge is 0.495 e. The smallest absolute Gasteiger partial charge is 0.323 e. The molecule has 0 atom stereocenters. The van der Waals surface area contributed by atoms with E-state index in [0.717, 1.165) is 70.9 Å². The number of carbonyl (C=O) groups is 2. The van der Waals surface area contributed by atoms with Crippen molar-refractivity contribution in [1.29, 1.82) is 0 Å². The van der Waals surface area contributed by atoms with Gasteiger partial charge in [0.2, 0.25) is 0 Å². The van der Waals surface area contributed by atoms with E-state index in [1.807, 2.05) is 24.3 Å². The molecule has 5 rings (SSSR count). The zero-order chi connectivity index (χ0) is 29.1. The van der Waals surface area contributed by atoms with Crippen LogP contribution in [0.5, 0.6) is 5.75 Å². The lowest BCUT2D eigenvalue weighted by atomic mass is 9.89. The molecule has 2 aliphatic heterocycles. The number of rotatable bonds is 10. The Morgan fingerprint density at radius 1 is 0.905 bits per heavy atom. The Morgan fingerprint density at radius 2 is 1.64 bits per heavy atom. The molecule has 2 aliphatic rings. The van der Waals surface area contributed by atoms with Crippen LogP contribution in [0.4, 0.5) is 21.9 Å². The molecule has 222 valence electrons. The Morgan fingerprint density at radius 3 is 2.40 bits per heavy atom. The summed E-state index contributed by atoms with van der Waals surface area (Å²) in [5, 5.41) is 8.82. The number of nitrogens with one attached hydrogen (secondary N) is 3. The Kier molecular flexibility index (Phi) is 10.3. The molecule has 2 fully saturated rings. The highest BCUT2D eigenvalue weighted by molar-refractivity contribution is 6.04. The molecule has 3 N–H and O–H groups in total. The third kappa shape index (κ3) is 8.02. The summed E-state index contributed by atoms with van der Waals surface area (Å²) in [4.78, 5) is 31.0. The van der Waals surface area contributed by atoms with Crippen LogP contribution in [-0.4, -0.2) is 76.4 Å². The van der Waals surface area contributed by atoms with Gasteiger partial charge in [0, 0.05) is 50.6 Å². The van der Waals surface area contributed by atoms with Crippen molar-refractivity contribution in [3.63, 3.8) is 0 Å². The molecule has 0 aromatic heterocycles. The van der Waals surface area contributed by atoms with Crippen LogP contribution >= 0.6 is 0 Å². The SMILES string of the molecule is COc1ccccc1NC(=O)Nc1ccc(N2CCC(Cc3ccccc3)CC2)c(C(=O)NCCN2CCOCC2)c1. The highest BCUT2D eigenvalue weighted by Gasteiger charge is 2.24. The molecule has 0 bridgehead atoms. The third-order valence-corrected chi connectivity index (χ3v) is 7.99. The lowest BCUT2D eigenvalue weighted by molar-refractivity contribution is 0.0383. The molecule has 3 aromatic carbocycles. The number of ether oxygens (including phenoxy) is 2. The topological polar surface area (TPSA) is 95.2 Å². The molecule has 2 heterocycles. The highest BCUT2D eigenvalue weighted by Crippen LogP contribution is 2.30. The van der Waals surface area contributed by atoms with Crippen LogP contribution in [0.15, 0.2) is 72.8 Å². The van der Waals surface area contributed by atoms with Crippen molar-refractivity contribution >= 4 is 29.0 Å². The average molecular weight is 572 g/mol. The van der Waals surface area contributed by atoms with Gasteiger partial charge in [-0.1, -0.05) is 42.5 Å². The van der Waals surface area contributed by atoms with E-state index in [2.05, 4.69) is 56.1 Å². The number of para-hydroxylation sites is 2. The number of urea groups is 1. The lowest BCUT2D eigenvalue weighted by Crippen LogP contribution is -2.41. The molecule has 3 amide bonds. The van der Waals surface area contributed by atoms with Crippen LogP contribution in [0.3, 0.4) is 0 Å². The van der Waals surface area contributed by atoms with Crippen LogP contribution in [0.2, 0.25) is 0 Å². The molecule has 0 radical (unpaired) electrons. The van der Waals surface area contributed by atoms with Gasteiger partial charge in [0.1, 0.15) is 5.75 Å². The second kappa shape index (κ2) is 14.7.